The van der Waals surface area contributed by atoms with Gasteiger partial charge in [0, 0.05) is 30.5 Å². The van der Waals surface area contributed by atoms with Crippen LogP contribution in [0.2, 0.25) is 0 Å². The minimum atomic E-state index is -4.36. The highest BCUT2D eigenvalue weighted by atomic mass is 19.4. The van der Waals surface area contributed by atoms with Crippen LogP contribution in [-0.4, -0.2) is 54.4 Å². The molecule has 0 amide bonds. The zero-order chi connectivity index (χ0) is 26.3. The topological polar surface area (TPSA) is 68.9 Å². The lowest BCUT2D eigenvalue weighted by Gasteiger charge is -2.14. The summed E-state index contributed by atoms with van der Waals surface area (Å²) in [5, 5.41) is 16.4. The molecule has 0 atom stereocenters. The fraction of sp³-hybridized carbons (Fsp3) is 0.407. The van der Waals surface area contributed by atoms with Gasteiger partial charge in [-0.25, -0.2) is 0 Å². The summed E-state index contributed by atoms with van der Waals surface area (Å²) in [5.41, 5.74) is 2.50. The number of likely N-dealkylation sites (N-methyl/N-ethyl adjacent to an activating group) is 1. The van der Waals surface area contributed by atoms with Crippen LogP contribution in [0.5, 0.6) is 0 Å². The van der Waals surface area contributed by atoms with Gasteiger partial charge in [-0.3, -0.25) is 4.98 Å². The van der Waals surface area contributed by atoms with E-state index in [1.54, 1.807) is 44.3 Å². The number of fused-ring (bicyclic) bond motifs is 1. The molecule has 0 bridgehead atoms. The lowest BCUT2D eigenvalue weighted by molar-refractivity contribution is -0.140. The molecule has 0 saturated heterocycles. The van der Waals surface area contributed by atoms with Gasteiger partial charge in [0.05, 0.1) is 41.3 Å². The standard InChI is InChI=1S/C27H31F3N6/c1-26(2,18-31)25-10-8-22(17-34-25)33-11-5-6-23-15-21-14-20(16-32-12-13-35(3)4)7-9-24(21)36(23)19-27(28,29)30/h7-10,14-15,17,32-33H,11-13,16,19H2,1-4H3. The van der Waals surface area contributed by atoms with E-state index in [2.05, 4.69) is 38.4 Å². The summed E-state index contributed by atoms with van der Waals surface area (Å²) < 4.78 is 41.1. The Labute approximate surface area is 210 Å². The lowest BCUT2D eigenvalue weighted by Crippen LogP contribution is -2.26. The summed E-state index contributed by atoms with van der Waals surface area (Å²) in [6.45, 7) is 5.06. The van der Waals surface area contributed by atoms with Gasteiger partial charge in [0.2, 0.25) is 0 Å². The summed E-state index contributed by atoms with van der Waals surface area (Å²) in [5.74, 6) is 5.80. The summed E-state index contributed by atoms with van der Waals surface area (Å²) >= 11 is 0. The summed E-state index contributed by atoms with van der Waals surface area (Å²) in [6, 6.07) is 13.0. The Balaban J connectivity index is 1.74. The molecule has 36 heavy (non-hydrogen) atoms. The highest BCUT2D eigenvalue weighted by molar-refractivity contribution is 5.83. The number of anilines is 1. The van der Waals surface area contributed by atoms with Crippen molar-refractivity contribution in [1.29, 1.82) is 5.26 Å². The maximum atomic E-state index is 13.3. The Kier molecular flexibility index (Phi) is 8.62. The number of benzene rings is 1. The SMILES string of the molecule is CN(C)CCNCc1ccc2c(c1)cc(C#CCNc1ccc(C(C)(C)C#N)nc1)n2CC(F)(F)F. The zero-order valence-corrected chi connectivity index (χ0v) is 21.0. The number of nitrogens with zero attached hydrogens (tertiary/aromatic N) is 4. The molecule has 0 aliphatic rings. The number of aromatic nitrogens is 2. The summed E-state index contributed by atoms with van der Waals surface area (Å²) in [4.78, 5) is 6.39. The van der Waals surface area contributed by atoms with E-state index in [1.807, 2.05) is 26.2 Å². The van der Waals surface area contributed by atoms with Gasteiger partial charge in [-0.05, 0) is 69.8 Å². The second-order valence-electron chi connectivity index (χ2n) is 9.43. The molecular weight excluding hydrogens is 465 g/mol. The lowest BCUT2D eigenvalue weighted by atomic mass is 9.91. The summed E-state index contributed by atoms with van der Waals surface area (Å²) in [6.07, 6.45) is -2.75. The molecule has 6 nitrogen and oxygen atoms in total. The summed E-state index contributed by atoms with van der Waals surface area (Å²) in [7, 11) is 4.00. The number of nitrogens with one attached hydrogen (secondary N) is 2. The molecule has 0 aliphatic carbocycles. The van der Waals surface area contributed by atoms with E-state index < -0.39 is 18.1 Å². The molecule has 0 spiro atoms. The molecule has 0 saturated carbocycles. The number of alkyl halides is 3. The highest BCUT2D eigenvalue weighted by Gasteiger charge is 2.29. The molecule has 3 aromatic rings. The highest BCUT2D eigenvalue weighted by Crippen LogP contribution is 2.26. The first kappa shape index (κ1) is 27.1. The number of pyridine rings is 1. The third kappa shape index (κ3) is 7.48. The van der Waals surface area contributed by atoms with Crippen LogP contribution >= 0.6 is 0 Å². The van der Waals surface area contributed by atoms with Crippen molar-refractivity contribution in [2.75, 3.05) is 39.0 Å². The first-order valence-corrected chi connectivity index (χ1v) is 11.6. The minimum absolute atomic E-state index is 0.233. The Morgan fingerprint density at radius 1 is 1.11 bits per heavy atom. The van der Waals surface area contributed by atoms with Crippen LogP contribution in [0.4, 0.5) is 18.9 Å². The van der Waals surface area contributed by atoms with Crippen LogP contribution in [0.25, 0.3) is 10.9 Å². The normalized spacial score (nSPS) is 11.9. The third-order valence-electron chi connectivity index (χ3n) is 5.65. The van der Waals surface area contributed by atoms with Crippen molar-refractivity contribution in [2.24, 2.45) is 0 Å². The molecule has 9 heteroatoms. The van der Waals surface area contributed by atoms with Crippen LogP contribution in [0.1, 0.15) is 30.8 Å². The fourth-order valence-corrected chi connectivity index (χ4v) is 3.63. The number of rotatable bonds is 9. The van der Waals surface area contributed by atoms with Gasteiger partial charge in [0.15, 0.2) is 0 Å². The number of hydrogen-bond acceptors (Lipinski definition) is 5. The molecule has 2 aromatic heterocycles. The molecule has 1 aromatic carbocycles. The van der Waals surface area contributed by atoms with E-state index in [0.717, 1.165) is 24.0 Å². The van der Waals surface area contributed by atoms with Crippen molar-refractivity contribution in [3.05, 3.63) is 59.5 Å². The van der Waals surface area contributed by atoms with Crippen LogP contribution in [0.15, 0.2) is 42.6 Å². The molecule has 2 N–H and O–H groups in total. The molecule has 2 heterocycles. The monoisotopic (exact) mass is 496 g/mol. The second kappa shape index (κ2) is 11.5. The van der Waals surface area contributed by atoms with E-state index in [-0.39, 0.29) is 6.54 Å². The minimum Gasteiger partial charge on any atom is -0.373 e. The van der Waals surface area contributed by atoms with Gasteiger partial charge in [0.1, 0.15) is 6.54 Å². The largest absolute Gasteiger partial charge is 0.406 e. The van der Waals surface area contributed by atoms with Gasteiger partial charge >= 0.3 is 6.18 Å². The van der Waals surface area contributed by atoms with Crippen molar-refractivity contribution in [3.63, 3.8) is 0 Å². The fourth-order valence-electron chi connectivity index (χ4n) is 3.63. The Bertz CT molecular complexity index is 1270. The Hall–Kier alpha value is -3.53. The molecule has 190 valence electrons. The first-order chi connectivity index (χ1) is 17.0. The Morgan fingerprint density at radius 3 is 2.53 bits per heavy atom. The molecule has 0 aliphatic heterocycles. The van der Waals surface area contributed by atoms with Gasteiger partial charge in [-0.1, -0.05) is 12.0 Å². The van der Waals surface area contributed by atoms with Crippen LogP contribution < -0.4 is 10.6 Å². The molecule has 0 fully saturated rings. The number of hydrogen-bond donors (Lipinski definition) is 2. The van der Waals surface area contributed by atoms with Crippen LogP contribution in [-0.2, 0) is 18.5 Å². The predicted octanol–water partition coefficient (Wildman–Crippen LogP) is 4.51. The van der Waals surface area contributed by atoms with E-state index in [9.17, 15) is 18.4 Å². The van der Waals surface area contributed by atoms with E-state index in [4.69, 9.17) is 0 Å². The average molecular weight is 497 g/mol. The molecule has 0 unspecified atom stereocenters. The van der Waals surface area contributed by atoms with Gasteiger partial charge in [0.25, 0.3) is 0 Å². The van der Waals surface area contributed by atoms with Crippen LogP contribution in [0.3, 0.4) is 0 Å². The van der Waals surface area contributed by atoms with Gasteiger partial charge in [-0.2, -0.15) is 18.4 Å². The van der Waals surface area contributed by atoms with E-state index >= 15 is 0 Å². The number of halogens is 3. The van der Waals surface area contributed by atoms with Gasteiger partial charge < -0.3 is 20.1 Å². The third-order valence-corrected chi connectivity index (χ3v) is 5.65. The van der Waals surface area contributed by atoms with E-state index in [1.165, 1.54) is 4.57 Å². The van der Waals surface area contributed by atoms with Crippen LogP contribution in [0, 0.1) is 23.2 Å². The Morgan fingerprint density at radius 2 is 1.89 bits per heavy atom. The van der Waals surface area contributed by atoms with Crippen molar-refractivity contribution >= 4 is 16.6 Å². The van der Waals surface area contributed by atoms with E-state index in [0.29, 0.717) is 29.1 Å². The molecule has 3 rings (SSSR count). The smallest absolute Gasteiger partial charge is 0.373 e. The van der Waals surface area contributed by atoms with Gasteiger partial charge in [-0.15, -0.1) is 0 Å². The van der Waals surface area contributed by atoms with Crippen molar-refractivity contribution < 1.29 is 13.2 Å². The van der Waals surface area contributed by atoms with Crippen molar-refractivity contribution in [2.45, 2.75) is 38.5 Å². The van der Waals surface area contributed by atoms with Crippen molar-refractivity contribution in [3.8, 4) is 17.9 Å². The molecular formula is C27H31F3N6. The maximum absolute atomic E-state index is 13.3. The predicted molar refractivity (Wildman–Crippen MR) is 136 cm³/mol. The molecule has 0 radical (unpaired) electrons. The maximum Gasteiger partial charge on any atom is 0.406 e. The number of nitriles is 1. The average Bonchev–Trinajstić information content (AvgIpc) is 3.14. The second-order valence-corrected chi connectivity index (χ2v) is 9.43. The van der Waals surface area contributed by atoms with Crippen molar-refractivity contribution in [1.82, 2.24) is 19.8 Å². The zero-order valence-electron chi connectivity index (χ0n) is 21.0. The quantitative estimate of drug-likeness (QED) is 0.337. The first-order valence-electron chi connectivity index (χ1n) is 11.6.